The third-order valence-electron chi connectivity index (χ3n) is 13.9. The average Bonchev–Trinajstić information content (AvgIpc) is 3.19. The van der Waals surface area contributed by atoms with E-state index in [0.717, 1.165) is 0 Å². The van der Waals surface area contributed by atoms with E-state index in [2.05, 4.69) is 11.9 Å². The van der Waals surface area contributed by atoms with Crippen molar-refractivity contribution in [2.75, 3.05) is 13.2 Å². The van der Waals surface area contributed by atoms with Crippen molar-refractivity contribution < 1.29 is 71.7 Å². The van der Waals surface area contributed by atoms with Gasteiger partial charge in [0.25, 0.3) is 0 Å². The molecule has 16 nitrogen and oxygen atoms in total. The van der Waals surface area contributed by atoms with Crippen molar-refractivity contribution in [2.45, 2.75) is 181 Å². The van der Waals surface area contributed by atoms with Crippen molar-refractivity contribution in [1.82, 2.24) is 5.32 Å². The minimum atomic E-state index is -2.19. The zero-order valence-corrected chi connectivity index (χ0v) is 39.9. The molecule has 5 aliphatic rings. The number of aliphatic hydroxyl groups is 1. The zero-order chi connectivity index (χ0) is 48.0. The van der Waals surface area contributed by atoms with Crippen LogP contribution in [-0.2, 0) is 57.0 Å². The van der Waals surface area contributed by atoms with Crippen molar-refractivity contribution in [3.05, 3.63) is 59.7 Å². The van der Waals surface area contributed by atoms with E-state index in [1.54, 1.807) is 71.9 Å². The van der Waals surface area contributed by atoms with Crippen LogP contribution < -0.4 is 5.32 Å². The van der Waals surface area contributed by atoms with Crippen molar-refractivity contribution in [3.63, 3.8) is 0 Å². The van der Waals surface area contributed by atoms with Crippen LogP contribution in [0.4, 0.5) is 4.79 Å². The van der Waals surface area contributed by atoms with Crippen LogP contribution in [0.3, 0.4) is 0 Å². The number of ether oxygens (including phenoxy) is 9. The highest BCUT2D eigenvalue weighted by Crippen LogP contribution is 2.67. The van der Waals surface area contributed by atoms with Gasteiger partial charge in [-0.25, -0.2) is 14.4 Å². The predicted octanol–water partition coefficient (Wildman–Crippen LogP) is 6.30. The molecule has 3 aliphatic carbocycles. The van der Waals surface area contributed by atoms with E-state index in [4.69, 9.17) is 42.6 Å². The first-order chi connectivity index (χ1) is 30.3. The van der Waals surface area contributed by atoms with Gasteiger partial charge in [-0.2, -0.15) is 0 Å². The summed E-state index contributed by atoms with van der Waals surface area (Å²) in [4.78, 5) is 69.4. The maximum atomic E-state index is 14.9. The number of alkyl carbamates (subject to hydrolysis) is 1. The molecule has 1 aromatic rings. The Balaban J connectivity index is 1.59. The van der Waals surface area contributed by atoms with Crippen molar-refractivity contribution in [2.24, 2.45) is 22.7 Å². The van der Waals surface area contributed by atoms with Crippen molar-refractivity contribution in [1.29, 1.82) is 0 Å². The molecule has 2 heterocycles. The standard InChI is InChI=1S/C49H69NO15/c1-14-21-57-37(31(22-26(3)4)50-44(55)65-45(8,9)10)43(54)60-32-24-49(56)41(63-42(53)30-19-17-16-18-20-30)39-47(13)33(23-34-48(39,25-58-34)64-29(7)52)61-35(15-2)62-40(47)38(59-28(6)51)36(27(32)5)46(49,11)12/h15-20,26,31-35,37-41,56H,2,14,21-25H2,1,3-13H3,(H,50,55)/t31-,32-,33-,34+,35?,37+,38-,39-,40-,41-,47+,48-,49+/m0/s1. The molecule has 1 amide bonds. The SMILES string of the molecule is C=CC1O[C@H]2C[C@H]3OC[C@@]3(OC(C)=O)[C@H]3[C@H](OC(=O)c4ccccc4)[C@]4(O)C[C@H](OC(=O)[C@H](OCCC)[C@H](CC(C)C)NC(=O)OC(C)(C)C)C(C)=C([C@H](OC(C)=O)[C@H](O1)[C@]23C)C4(C)C. The largest absolute Gasteiger partial charge is 0.456 e. The Hall–Kier alpha value is -4.35. The summed E-state index contributed by atoms with van der Waals surface area (Å²) in [7, 11) is 0. The van der Waals surface area contributed by atoms with E-state index in [9.17, 15) is 29.1 Å². The van der Waals surface area contributed by atoms with Gasteiger partial charge in [0.2, 0.25) is 0 Å². The molecule has 0 radical (unpaired) electrons. The molecule has 2 saturated carbocycles. The maximum absolute atomic E-state index is 14.9. The van der Waals surface area contributed by atoms with Crippen LogP contribution in [0, 0.1) is 22.7 Å². The van der Waals surface area contributed by atoms with Gasteiger partial charge in [0.15, 0.2) is 24.1 Å². The maximum Gasteiger partial charge on any atom is 0.407 e. The van der Waals surface area contributed by atoms with Gasteiger partial charge in [0.1, 0.15) is 35.6 Å². The minimum Gasteiger partial charge on any atom is -0.456 e. The first kappa shape index (κ1) is 50.1. The Morgan fingerprint density at radius 1 is 0.985 bits per heavy atom. The van der Waals surface area contributed by atoms with Gasteiger partial charge in [-0.05, 0) is 75.8 Å². The van der Waals surface area contributed by atoms with Crippen LogP contribution in [0.25, 0.3) is 0 Å². The lowest BCUT2D eigenvalue weighted by molar-refractivity contribution is -0.405. The number of hydrogen-bond acceptors (Lipinski definition) is 15. The first-order valence-electron chi connectivity index (χ1n) is 22.8. The normalized spacial score (nSPS) is 34.4. The van der Waals surface area contributed by atoms with Crippen LogP contribution >= 0.6 is 0 Å². The second kappa shape index (κ2) is 18.7. The molecular formula is C49H69NO15. The van der Waals surface area contributed by atoms with Gasteiger partial charge >= 0.3 is 30.0 Å². The molecule has 2 saturated heterocycles. The van der Waals surface area contributed by atoms with Gasteiger partial charge in [0, 0.05) is 44.1 Å². The highest BCUT2D eigenvalue weighted by Gasteiger charge is 2.79. The Labute approximate surface area is 382 Å². The summed E-state index contributed by atoms with van der Waals surface area (Å²) in [6, 6.07) is 7.38. The molecule has 2 aliphatic heterocycles. The third kappa shape index (κ3) is 9.35. The summed E-state index contributed by atoms with van der Waals surface area (Å²) in [6.45, 7) is 24.5. The van der Waals surface area contributed by atoms with E-state index in [1.165, 1.54) is 19.9 Å². The van der Waals surface area contributed by atoms with E-state index < -0.39 is 119 Å². The average molecular weight is 912 g/mol. The fourth-order valence-corrected chi connectivity index (χ4v) is 11.1. The van der Waals surface area contributed by atoms with Gasteiger partial charge in [-0.3, -0.25) is 9.59 Å². The Bertz CT molecular complexity index is 2010. The summed E-state index contributed by atoms with van der Waals surface area (Å²) in [5.41, 5.74) is -6.37. The molecule has 0 aromatic heterocycles. The first-order valence-corrected chi connectivity index (χ1v) is 22.8. The van der Waals surface area contributed by atoms with Crippen LogP contribution in [-0.4, -0.2) is 120 Å². The van der Waals surface area contributed by atoms with Crippen LogP contribution in [0.2, 0.25) is 0 Å². The summed E-state index contributed by atoms with van der Waals surface area (Å²) >= 11 is 0. The molecule has 16 heteroatoms. The van der Waals surface area contributed by atoms with Gasteiger partial charge in [-0.1, -0.05) is 66.3 Å². The molecule has 65 heavy (non-hydrogen) atoms. The van der Waals surface area contributed by atoms with Gasteiger partial charge in [-0.15, -0.1) is 0 Å². The molecule has 1 unspecified atom stereocenters. The summed E-state index contributed by atoms with van der Waals surface area (Å²) < 4.78 is 57.2. The monoisotopic (exact) mass is 911 g/mol. The number of rotatable bonds is 14. The molecule has 4 fully saturated rings. The van der Waals surface area contributed by atoms with E-state index in [1.807, 2.05) is 27.7 Å². The zero-order valence-electron chi connectivity index (χ0n) is 39.9. The highest BCUT2D eigenvalue weighted by molar-refractivity contribution is 5.89. The fourth-order valence-electron chi connectivity index (χ4n) is 11.1. The van der Waals surface area contributed by atoms with E-state index in [-0.39, 0.29) is 37.5 Å². The quantitative estimate of drug-likeness (QED) is 0.120. The summed E-state index contributed by atoms with van der Waals surface area (Å²) in [5.74, 6) is -4.11. The second-order valence-corrected chi connectivity index (χ2v) is 20.4. The molecule has 2 bridgehead atoms. The summed E-state index contributed by atoms with van der Waals surface area (Å²) in [6.07, 6.45) is -7.70. The molecule has 6 rings (SSSR count). The Morgan fingerprint density at radius 3 is 2.22 bits per heavy atom. The topological polar surface area (TPSA) is 201 Å². The van der Waals surface area contributed by atoms with Crippen LogP contribution in [0.1, 0.15) is 119 Å². The lowest BCUT2D eigenvalue weighted by Crippen LogP contribution is -2.83. The number of benzene rings is 1. The fraction of sp³-hybridized carbons (Fsp3) is 0.694. The van der Waals surface area contributed by atoms with Crippen LogP contribution in [0.5, 0.6) is 0 Å². The molecule has 0 spiro atoms. The number of carbonyl (C=O) groups excluding carboxylic acids is 5. The number of esters is 4. The minimum absolute atomic E-state index is 0.0111. The van der Waals surface area contributed by atoms with Crippen molar-refractivity contribution in [3.8, 4) is 0 Å². The van der Waals surface area contributed by atoms with Crippen molar-refractivity contribution >= 4 is 30.0 Å². The molecule has 13 atom stereocenters. The number of hydrogen-bond donors (Lipinski definition) is 2. The smallest absolute Gasteiger partial charge is 0.407 e. The third-order valence-corrected chi connectivity index (χ3v) is 13.9. The second-order valence-electron chi connectivity index (χ2n) is 20.4. The van der Waals surface area contributed by atoms with Crippen LogP contribution in [0.15, 0.2) is 54.1 Å². The van der Waals surface area contributed by atoms with E-state index in [0.29, 0.717) is 24.0 Å². The molecular weight excluding hydrogens is 843 g/mol. The predicted molar refractivity (Wildman–Crippen MR) is 234 cm³/mol. The summed E-state index contributed by atoms with van der Waals surface area (Å²) in [5, 5.41) is 16.9. The number of amides is 1. The van der Waals surface area contributed by atoms with Gasteiger partial charge < -0.3 is 53.1 Å². The highest BCUT2D eigenvalue weighted by atomic mass is 16.7. The lowest BCUT2D eigenvalue weighted by atomic mass is 9.44. The van der Waals surface area contributed by atoms with Gasteiger partial charge in [0.05, 0.1) is 30.2 Å². The molecule has 360 valence electrons. The number of nitrogens with one attached hydrogen (secondary N) is 1. The lowest BCUT2D eigenvalue weighted by Gasteiger charge is -2.71. The number of carbonyl (C=O) groups is 5. The van der Waals surface area contributed by atoms with E-state index >= 15 is 0 Å². The Morgan fingerprint density at radius 2 is 1.66 bits per heavy atom. The number of fused-ring (bicyclic) bond motifs is 4. The Kier molecular flexibility index (Phi) is 14.4. The molecule has 1 aromatic carbocycles. The molecule has 2 N–H and O–H groups in total.